The molecule has 0 N–H and O–H groups in total. The molecule has 0 aromatic carbocycles. The van der Waals surface area contributed by atoms with Crippen molar-refractivity contribution in [3.8, 4) is 0 Å². The highest BCUT2D eigenvalue weighted by Crippen LogP contribution is 2.55. The standard InChI is InChI=1S/C13H26O3Si/c1-4-14-17(15-5-2,16-6-3)13-10-11-7-8-12(13)9-11/h11-13H,4-10H2,1-3H3/t11-,12+,13?/m0/s1. The lowest BCUT2D eigenvalue weighted by molar-refractivity contribution is 0.0539. The van der Waals surface area contributed by atoms with Crippen LogP contribution in [0.4, 0.5) is 0 Å². The van der Waals surface area contributed by atoms with Gasteiger partial charge in [-0.1, -0.05) is 6.42 Å². The zero-order valence-corrected chi connectivity index (χ0v) is 12.4. The Labute approximate surface area is 106 Å². The minimum absolute atomic E-state index is 0.570. The summed E-state index contributed by atoms with van der Waals surface area (Å²) in [6.45, 7) is 8.27. The van der Waals surface area contributed by atoms with Crippen molar-refractivity contribution in [2.24, 2.45) is 11.8 Å². The van der Waals surface area contributed by atoms with Crippen LogP contribution in [0.15, 0.2) is 0 Å². The number of hydrogen-bond donors (Lipinski definition) is 0. The van der Waals surface area contributed by atoms with Gasteiger partial charge in [-0.2, -0.15) is 0 Å². The smallest absolute Gasteiger partial charge is 0.374 e. The van der Waals surface area contributed by atoms with E-state index in [1.165, 1.54) is 25.7 Å². The third-order valence-corrected chi connectivity index (χ3v) is 7.92. The summed E-state index contributed by atoms with van der Waals surface area (Å²) in [5.74, 6) is 1.72. The van der Waals surface area contributed by atoms with Crippen LogP contribution in [0.5, 0.6) is 0 Å². The zero-order valence-electron chi connectivity index (χ0n) is 11.4. The fourth-order valence-electron chi connectivity index (χ4n) is 3.73. The zero-order chi connectivity index (χ0) is 12.3. The molecule has 1 unspecified atom stereocenters. The fraction of sp³-hybridized carbons (Fsp3) is 1.00. The van der Waals surface area contributed by atoms with E-state index in [-0.39, 0.29) is 0 Å². The second kappa shape index (κ2) is 5.82. The average molecular weight is 258 g/mol. The molecule has 0 aromatic rings. The Morgan fingerprint density at radius 2 is 1.47 bits per heavy atom. The SMILES string of the molecule is CCO[Si](OCC)(OCC)C1C[C@H]2CC[C@@H]1C2. The van der Waals surface area contributed by atoms with Crippen LogP contribution in [0.25, 0.3) is 0 Å². The van der Waals surface area contributed by atoms with Gasteiger partial charge in [0.1, 0.15) is 0 Å². The molecule has 3 nitrogen and oxygen atoms in total. The van der Waals surface area contributed by atoms with Crippen LogP contribution in [-0.2, 0) is 13.3 Å². The van der Waals surface area contributed by atoms with Crippen molar-refractivity contribution < 1.29 is 13.3 Å². The monoisotopic (exact) mass is 258 g/mol. The molecule has 0 heterocycles. The summed E-state index contributed by atoms with van der Waals surface area (Å²) in [6.07, 6.45) is 5.43. The first kappa shape index (κ1) is 13.5. The molecule has 0 radical (unpaired) electrons. The second-order valence-corrected chi connectivity index (χ2v) is 8.00. The summed E-state index contributed by atoms with van der Waals surface area (Å²) in [7, 11) is -2.42. The Morgan fingerprint density at radius 1 is 0.882 bits per heavy atom. The first-order chi connectivity index (χ1) is 8.25. The third-order valence-electron chi connectivity index (χ3n) is 4.23. The number of hydrogen-bond acceptors (Lipinski definition) is 3. The lowest BCUT2D eigenvalue weighted by atomic mass is 10.0. The molecule has 2 fully saturated rings. The highest BCUT2D eigenvalue weighted by Gasteiger charge is 2.57. The Kier molecular flexibility index (Phi) is 4.63. The van der Waals surface area contributed by atoms with Gasteiger partial charge in [0.05, 0.1) is 0 Å². The Balaban J connectivity index is 2.12. The molecule has 17 heavy (non-hydrogen) atoms. The lowest BCUT2D eigenvalue weighted by Gasteiger charge is -2.37. The summed E-state index contributed by atoms with van der Waals surface area (Å²) in [5.41, 5.74) is 0.570. The van der Waals surface area contributed by atoms with Crippen molar-refractivity contribution in [1.82, 2.24) is 0 Å². The van der Waals surface area contributed by atoms with Gasteiger partial charge in [-0.3, -0.25) is 0 Å². The third kappa shape index (κ3) is 2.60. The molecule has 0 aromatic heterocycles. The first-order valence-electron chi connectivity index (χ1n) is 7.17. The van der Waals surface area contributed by atoms with Gasteiger partial charge in [-0.05, 0) is 51.9 Å². The minimum Gasteiger partial charge on any atom is -0.374 e. The average Bonchev–Trinajstić information content (AvgIpc) is 2.91. The maximum Gasteiger partial charge on any atom is 0.504 e. The van der Waals surface area contributed by atoms with Crippen molar-refractivity contribution in [3.05, 3.63) is 0 Å². The Bertz CT molecular complexity index is 230. The minimum atomic E-state index is -2.42. The van der Waals surface area contributed by atoms with Gasteiger partial charge in [-0.25, -0.2) is 0 Å². The van der Waals surface area contributed by atoms with Crippen molar-refractivity contribution in [2.45, 2.75) is 52.0 Å². The molecular formula is C13H26O3Si. The van der Waals surface area contributed by atoms with E-state index < -0.39 is 8.80 Å². The normalized spacial score (nSPS) is 32.3. The predicted octanol–water partition coefficient (Wildman–Crippen LogP) is 3.23. The molecule has 2 rings (SSSR count). The maximum atomic E-state index is 6.04. The Hall–Kier alpha value is 0.0969. The molecule has 2 aliphatic carbocycles. The number of fused-ring (bicyclic) bond motifs is 2. The van der Waals surface area contributed by atoms with Gasteiger partial charge in [0.2, 0.25) is 0 Å². The van der Waals surface area contributed by atoms with Crippen LogP contribution in [0.1, 0.15) is 46.5 Å². The van der Waals surface area contributed by atoms with E-state index in [1.54, 1.807) is 0 Å². The van der Waals surface area contributed by atoms with Crippen LogP contribution in [0.2, 0.25) is 5.54 Å². The van der Waals surface area contributed by atoms with E-state index in [4.69, 9.17) is 13.3 Å². The molecule has 100 valence electrons. The molecule has 0 aliphatic heterocycles. The molecule has 2 aliphatic rings. The van der Waals surface area contributed by atoms with Gasteiger partial charge in [-0.15, -0.1) is 0 Å². The van der Waals surface area contributed by atoms with E-state index in [1.807, 2.05) is 20.8 Å². The summed E-state index contributed by atoms with van der Waals surface area (Å²) < 4.78 is 18.1. The fourth-order valence-corrected chi connectivity index (χ4v) is 7.33. The molecular weight excluding hydrogens is 232 g/mol. The van der Waals surface area contributed by atoms with Gasteiger partial charge >= 0.3 is 8.80 Å². The highest BCUT2D eigenvalue weighted by atomic mass is 28.4. The summed E-state index contributed by atoms with van der Waals surface area (Å²) in [6, 6.07) is 0. The predicted molar refractivity (Wildman–Crippen MR) is 69.8 cm³/mol. The molecule has 0 amide bonds. The van der Waals surface area contributed by atoms with Crippen LogP contribution in [-0.4, -0.2) is 28.6 Å². The van der Waals surface area contributed by atoms with Gasteiger partial charge < -0.3 is 13.3 Å². The lowest BCUT2D eigenvalue weighted by Crippen LogP contribution is -2.51. The number of rotatable bonds is 7. The quantitative estimate of drug-likeness (QED) is 0.656. The van der Waals surface area contributed by atoms with Crippen LogP contribution in [0.3, 0.4) is 0 Å². The van der Waals surface area contributed by atoms with Gasteiger partial charge in [0.25, 0.3) is 0 Å². The van der Waals surface area contributed by atoms with Crippen LogP contribution >= 0.6 is 0 Å². The van der Waals surface area contributed by atoms with Crippen LogP contribution < -0.4 is 0 Å². The van der Waals surface area contributed by atoms with E-state index in [2.05, 4.69) is 0 Å². The van der Waals surface area contributed by atoms with Gasteiger partial charge in [0.15, 0.2) is 0 Å². The van der Waals surface area contributed by atoms with Crippen molar-refractivity contribution in [3.63, 3.8) is 0 Å². The van der Waals surface area contributed by atoms with Crippen molar-refractivity contribution >= 4 is 8.80 Å². The van der Waals surface area contributed by atoms with E-state index in [0.29, 0.717) is 25.4 Å². The molecule has 2 saturated carbocycles. The summed E-state index contributed by atoms with van der Waals surface area (Å²) in [4.78, 5) is 0. The molecule has 0 spiro atoms. The summed E-state index contributed by atoms with van der Waals surface area (Å²) >= 11 is 0. The Morgan fingerprint density at radius 3 is 1.82 bits per heavy atom. The highest BCUT2D eigenvalue weighted by molar-refractivity contribution is 6.62. The van der Waals surface area contributed by atoms with E-state index >= 15 is 0 Å². The van der Waals surface area contributed by atoms with E-state index in [9.17, 15) is 0 Å². The molecule has 2 bridgehead atoms. The molecule has 0 saturated heterocycles. The van der Waals surface area contributed by atoms with Gasteiger partial charge in [0, 0.05) is 25.4 Å². The van der Waals surface area contributed by atoms with Crippen LogP contribution in [0, 0.1) is 11.8 Å². The molecule has 3 atom stereocenters. The topological polar surface area (TPSA) is 27.7 Å². The first-order valence-corrected chi connectivity index (χ1v) is 8.97. The largest absolute Gasteiger partial charge is 0.504 e. The summed E-state index contributed by atoms with van der Waals surface area (Å²) in [5, 5.41) is 0. The maximum absolute atomic E-state index is 6.04. The van der Waals surface area contributed by atoms with Crippen molar-refractivity contribution in [1.29, 1.82) is 0 Å². The molecule has 4 heteroatoms. The van der Waals surface area contributed by atoms with E-state index in [0.717, 1.165) is 11.8 Å². The van der Waals surface area contributed by atoms with Crippen molar-refractivity contribution in [2.75, 3.05) is 19.8 Å². The second-order valence-electron chi connectivity index (χ2n) is 5.18.